The molecule has 0 aromatic heterocycles. The van der Waals surface area contributed by atoms with Crippen LogP contribution < -0.4 is 10.6 Å². The normalized spacial score (nSPS) is 20.8. The second-order valence-electron chi connectivity index (χ2n) is 4.99. The van der Waals surface area contributed by atoms with Crippen molar-refractivity contribution in [3.05, 3.63) is 23.8 Å². The molecule has 104 valence electrons. The number of carbonyl (C=O) groups is 1. The average Bonchev–Trinajstić information content (AvgIpc) is 2.39. The highest BCUT2D eigenvalue weighted by molar-refractivity contribution is 5.99. The summed E-state index contributed by atoms with van der Waals surface area (Å²) >= 11 is 0. The van der Waals surface area contributed by atoms with Gasteiger partial charge in [0.25, 0.3) is 5.91 Å². The topological polar surface area (TPSA) is 81.6 Å². The van der Waals surface area contributed by atoms with Gasteiger partial charge in [-0.3, -0.25) is 4.79 Å². The lowest BCUT2D eigenvalue weighted by atomic mass is 9.98. The number of piperidine rings is 1. The maximum absolute atomic E-state index is 12.1. The molecule has 1 aliphatic heterocycles. The minimum absolute atomic E-state index is 0.0493. The van der Waals surface area contributed by atoms with E-state index in [1.54, 1.807) is 0 Å². The van der Waals surface area contributed by atoms with Crippen molar-refractivity contribution in [2.24, 2.45) is 0 Å². The molecule has 1 aliphatic rings. The van der Waals surface area contributed by atoms with Gasteiger partial charge in [-0.1, -0.05) is 12.5 Å². The van der Waals surface area contributed by atoms with Crippen LogP contribution in [0.2, 0.25) is 0 Å². The summed E-state index contributed by atoms with van der Waals surface area (Å²) in [4.78, 5) is 12.1. The van der Waals surface area contributed by atoms with Crippen molar-refractivity contribution in [2.75, 3.05) is 6.54 Å². The molecule has 5 nitrogen and oxygen atoms in total. The molecule has 0 spiro atoms. The first-order valence-electron chi connectivity index (χ1n) is 6.65. The van der Waals surface area contributed by atoms with Crippen molar-refractivity contribution in [1.82, 2.24) is 10.6 Å². The number of rotatable bonds is 3. The quantitative estimate of drug-likeness (QED) is 0.664. The van der Waals surface area contributed by atoms with E-state index >= 15 is 0 Å². The van der Waals surface area contributed by atoms with Gasteiger partial charge >= 0.3 is 0 Å². The van der Waals surface area contributed by atoms with Crippen molar-refractivity contribution >= 4 is 5.91 Å². The summed E-state index contributed by atoms with van der Waals surface area (Å²) < 4.78 is 0. The average molecular weight is 264 g/mol. The van der Waals surface area contributed by atoms with Crippen molar-refractivity contribution in [3.63, 3.8) is 0 Å². The van der Waals surface area contributed by atoms with Crippen LogP contribution in [-0.4, -0.2) is 34.7 Å². The number of phenolic OH excluding ortho intramolecular Hbond substituents is 2. The summed E-state index contributed by atoms with van der Waals surface area (Å²) in [5, 5.41) is 25.5. The van der Waals surface area contributed by atoms with Crippen LogP contribution in [0.3, 0.4) is 0 Å². The molecule has 19 heavy (non-hydrogen) atoms. The van der Waals surface area contributed by atoms with E-state index in [-0.39, 0.29) is 29.1 Å². The van der Waals surface area contributed by atoms with Gasteiger partial charge in [-0.15, -0.1) is 0 Å². The number of nitrogens with one attached hydrogen (secondary N) is 2. The summed E-state index contributed by atoms with van der Waals surface area (Å²) in [5.74, 6) is -0.863. The van der Waals surface area contributed by atoms with Gasteiger partial charge < -0.3 is 20.8 Å². The summed E-state index contributed by atoms with van der Waals surface area (Å²) in [5.41, 5.74) is -0.0647. The number of amides is 1. The first-order valence-corrected chi connectivity index (χ1v) is 6.65. The van der Waals surface area contributed by atoms with Crippen LogP contribution in [0.1, 0.15) is 36.5 Å². The third-order valence-corrected chi connectivity index (χ3v) is 3.56. The minimum atomic E-state index is -0.449. The fourth-order valence-electron chi connectivity index (χ4n) is 2.45. The van der Waals surface area contributed by atoms with Crippen LogP contribution in [-0.2, 0) is 0 Å². The van der Waals surface area contributed by atoms with E-state index in [0.29, 0.717) is 0 Å². The number of carbonyl (C=O) groups excluding carboxylic acids is 1. The first-order chi connectivity index (χ1) is 9.09. The van der Waals surface area contributed by atoms with Gasteiger partial charge in [0.1, 0.15) is 17.1 Å². The molecule has 1 heterocycles. The number of benzene rings is 1. The fraction of sp³-hybridized carbons (Fsp3) is 0.500. The van der Waals surface area contributed by atoms with E-state index < -0.39 is 5.91 Å². The number of aromatic hydroxyl groups is 2. The summed E-state index contributed by atoms with van der Waals surface area (Å²) in [7, 11) is 0. The Morgan fingerprint density at radius 3 is 2.63 bits per heavy atom. The number of hydrogen-bond donors (Lipinski definition) is 4. The van der Waals surface area contributed by atoms with Gasteiger partial charge in [-0.05, 0) is 38.4 Å². The maximum Gasteiger partial charge on any atom is 0.259 e. The molecule has 5 heteroatoms. The largest absolute Gasteiger partial charge is 0.507 e. The Morgan fingerprint density at radius 2 is 2.05 bits per heavy atom. The van der Waals surface area contributed by atoms with E-state index in [2.05, 4.69) is 10.6 Å². The van der Waals surface area contributed by atoms with Crippen LogP contribution >= 0.6 is 0 Å². The van der Waals surface area contributed by atoms with Crippen LogP contribution in [0.4, 0.5) is 0 Å². The van der Waals surface area contributed by atoms with Gasteiger partial charge in [0.05, 0.1) is 0 Å². The number of phenols is 2. The number of hydrogen-bond acceptors (Lipinski definition) is 4. The molecular weight excluding hydrogens is 244 g/mol. The zero-order valence-electron chi connectivity index (χ0n) is 11.0. The minimum Gasteiger partial charge on any atom is -0.507 e. The third kappa shape index (κ3) is 3.17. The Morgan fingerprint density at radius 1 is 1.37 bits per heavy atom. The van der Waals surface area contributed by atoms with E-state index in [1.807, 2.05) is 6.92 Å². The second kappa shape index (κ2) is 5.93. The van der Waals surface area contributed by atoms with Crippen molar-refractivity contribution in [1.29, 1.82) is 0 Å². The summed E-state index contributed by atoms with van der Waals surface area (Å²) in [6, 6.07) is 4.46. The van der Waals surface area contributed by atoms with Crippen LogP contribution in [0, 0.1) is 0 Å². The molecule has 1 amide bonds. The molecule has 2 unspecified atom stereocenters. The Labute approximate surface area is 112 Å². The van der Waals surface area contributed by atoms with Crippen LogP contribution in [0.5, 0.6) is 11.5 Å². The molecular formula is C14H20N2O3. The first kappa shape index (κ1) is 13.7. The predicted molar refractivity (Wildman–Crippen MR) is 72.3 cm³/mol. The van der Waals surface area contributed by atoms with E-state index in [4.69, 9.17) is 0 Å². The van der Waals surface area contributed by atoms with Crippen LogP contribution in [0.25, 0.3) is 0 Å². The molecule has 0 bridgehead atoms. The predicted octanol–water partition coefficient (Wildman–Crippen LogP) is 1.36. The van der Waals surface area contributed by atoms with Gasteiger partial charge in [-0.25, -0.2) is 0 Å². The van der Waals surface area contributed by atoms with Gasteiger partial charge in [-0.2, -0.15) is 0 Å². The van der Waals surface area contributed by atoms with Crippen LogP contribution in [0.15, 0.2) is 18.2 Å². The molecule has 1 aromatic carbocycles. The summed E-state index contributed by atoms with van der Waals surface area (Å²) in [6.45, 7) is 2.89. The fourth-order valence-corrected chi connectivity index (χ4v) is 2.45. The highest BCUT2D eigenvalue weighted by atomic mass is 16.3. The van der Waals surface area contributed by atoms with E-state index in [9.17, 15) is 15.0 Å². The van der Waals surface area contributed by atoms with E-state index in [1.165, 1.54) is 18.2 Å². The monoisotopic (exact) mass is 264 g/mol. The molecule has 0 aliphatic carbocycles. The highest BCUT2D eigenvalue weighted by Crippen LogP contribution is 2.26. The molecule has 1 fully saturated rings. The zero-order chi connectivity index (χ0) is 13.8. The molecule has 0 radical (unpaired) electrons. The lowest BCUT2D eigenvalue weighted by Gasteiger charge is -2.29. The molecule has 4 N–H and O–H groups in total. The van der Waals surface area contributed by atoms with Crippen molar-refractivity contribution in [2.45, 2.75) is 38.3 Å². The van der Waals surface area contributed by atoms with Gasteiger partial charge in [0.15, 0.2) is 0 Å². The Kier molecular flexibility index (Phi) is 4.27. The lowest BCUT2D eigenvalue weighted by molar-refractivity contribution is 0.0922. The van der Waals surface area contributed by atoms with E-state index in [0.717, 1.165) is 25.8 Å². The SMILES string of the molecule is CC(NC(=O)c1c(O)cccc1O)C1CCCCN1. The molecule has 0 saturated carbocycles. The van der Waals surface area contributed by atoms with Crippen molar-refractivity contribution < 1.29 is 15.0 Å². The lowest BCUT2D eigenvalue weighted by Crippen LogP contribution is -2.50. The highest BCUT2D eigenvalue weighted by Gasteiger charge is 2.23. The van der Waals surface area contributed by atoms with Gasteiger partial charge in [0.2, 0.25) is 0 Å². The zero-order valence-corrected chi connectivity index (χ0v) is 11.0. The maximum atomic E-state index is 12.1. The summed E-state index contributed by atoms with van der Waals surface area (Å²) in [6.07, 6.45) is 3.34. The molecule has 1 saturated heterocycles. The molecule has 2 rings (SSSR count). The smallest absolute Gasteiger partial charge is 0.259 e. The molecule has 2 atom stereocenters. The van der Waals surface area contributed by atoms with Gasteiger partial charge in [0, 0.05) is 12.1 Å². The van der Waals surface area contributed by atoms with Crippen molar-refractivity contribution in [3.8, 4) is 11.5 Å². The Balaban J connectivity index is 2.04. The Bertz CT molecular complexity index is 436. The Hall–Kier alpha value is -1.75. The second-order valence-corrected chi connectivity index (χ2v) is 4.99. The standard InChI is InChI=1S/C14H20N2O3/c1-9(10-5-2-3-8-15-10)16-14(19)13-11(17)6-4-7-12(13)18/h4,6-7,9-10,15,17-18H,2-3,5,8H2,1H3,(H,16,19). The third-order valence-electron chi connectivity index (χ3n) is 3.56. The molecule has 1 aromatic rings.